The number of rotatable bonds is 2. The van der Waals surface area contributed by atoms with Crippen molar-refractivity contribution in [2.24, 2.45) is 0 Å². The number of hydrogen-bond acceptors (Lipinski definition) is 4. The second-order valence-corrected chi connectivity index (χ2v) is 4.32. The molecule has 94 valence electrons. The van der Waals surface area contributed by atoms with Crippen molar-refractivity contribution in [3.05, 3.63) is 35.9 Å². The predicted octanol–water partition coefficient (Wildman–Crippen LogP) is 1.97. The van der Waals surface area contributed by atoms with Gasteiger partial charge in [0.15, 0.2) is 0 Å². The van der Waals surface area contributed by atoms with Crippen molar-refractivity contribution in [2.75, 3.05) is 13.7 Å². The Morgan fingerprint density at radius 1 is 1.61 bits per heavy atom. The zero-order valence-electron chi connectivity index (χ0n) is 10.1. The number of carbonyl (C=O) groups is 1. The van der Waals surface area contributed by atoms with Crippen molar-refractivity contribution in [2.45, 2.75) is 18.9 Å². The lowest BCUT2D eigenvalue weighted by Crippen LogP contribution is -2.05. The first-order valence-corrected chi connectivity index (χ1v) is 5.96. The number of aromatic nitrogens is 2. The van der Waals surface area contributed by atoms with Crippen molar-refractivity contribution in [3.63, 3.8) is 0 Å². The Labute approximate surface area is 104 Å². The third kappa shape index (κ3) is 1.76. The molecular weight excluding hydrogens is 232 g/mol. The molecule has 3 rings (SSSR count). The van der Waals surface area contributed by atoms with Gasteiger partial charge < -0.3 is 13.9 Å². The van der Waals surface area contributed by atoms with Crippen LogP contribution in [0.4, 0.5) is 0 Å². The van der Waals surface area contributed by atoms with Gasteiger partial charge in [0.05, 0.1) is 24.4 Å². The van der Waals surface area contributed by atoms with Crippen molar-refractivity contribution in [1.29, 1.82) is 0 Å². The van der Waals surface area contributed by atoms with Crippen molar-refractivity contribution < 1.29 is 14.3 Å². The van der Waals surface area contributed by atoms with Crippen LogP contribution in [-0.4, -0.2) is 29.1 Å². The summed E-state index contributed by atoms with van der Waals surface area (Å²) in [6.45, 7) is 0.791. The molecule has 2 aromatic rings. The van der Waals surface area contributed by atoms with Crippen LogP contribution in [0.3, 0.4) is 0 Å². The Morgan fingerprint density at radius 2 is 2.50 bits per heavy atom. The SMILES string of the molecule is COC(=O)c1ccn2c(C3CCCO3)ncc2c1. The van der Waals surface area contributed by atoms with Gasteiger partial charge in [0, 0.05) is 12.8 Å². The van der Waals surface area contributed by atoms with E-state index < -0.39 is 0 Å². The average molecular weight is 246 g/mol. The van der Waals surface area contributed by atoms with E-state index in [9.17, 15) is 4.79 Å². The van der Waals surface area contributed by atoms with Crippen LogP contribution in [0.1, 0.15) is 35.1 Å². The second-order valence-electron chi connectivity index (χ2n) is 4.32. The molecule has 0 saturated carbocycles. The third-order valence-electron chi connectivity index (χ3n) is 3.20. The van der Waals surface area contributed by atoms with E-state index in [-0.39, 0.29) is 12.1 Å². The minimum atomic E-state index is -0.336. The van der Waals surface area contributed by atoms with Crippen LogP contribution in [0.25, 0.3) is 5.52 Å². The fourth-order valence-electron chi connectivity index (χ4n) is 2.28. The van der Waals surface area contributed by atoms with Gasteiger partial charge in [-0.3, -0.25) is 0 Å². The average Bonchev–Trinajstić information content (AvgIpc) is 3.05. The van der Waals surface area contributed by atoms with Crippen LogP contribution in [0.5, 0.6) is 0 Å². The monoisotopic (exact) mass is 246 g/mol. The lowest BCUT2D eigenvalue weighted by atomic mass is 10.2. The summed E-state index contributed by atoms with van der Waals surface area (Å²) in [6.07, 6.45) is 5.73. The maximum atomic E-state index is 11.4. The molecule has 0 aromatic carbocycles. The summed E-state index contributed by atoms with van der Waals surface area (Å²) in [6, 6.07) is 3.51. The summed E-state index contributed by atoms with van der Waals surface area (Å²) in [5.41, 5.74) is 1.41. The maximum Gasteiger partial charge on any atom is 0.337 e. The number of nitrogens with zero attached hydrogens (tertiary/aromatic N) is 2. The number of imidazole rings is 1. The van der Waals surface area contributed by atoms with Crippen molar-refractivity contribution in [3.8, 4) is 0 Å². The second kappa shape index (κ2) is 4.42. The molecule has 5 nitrogen and oxygen atoms in total. The summed E-state index contributed by atoms with van der Waals surface area (Å²) in [5.74, 6) is 0.566. The first-order valence-electron chi connectivity index (χ1n) is 5.96. The highest BCUT2D eigenvalue weighted by Crippen LogP contribution is 2.28. The predicted molar refractivity (Wildman–Crippen MR) is 64.5 cm³/mol. The third-order valence-corrected chi connectivity index (χ3v) is 3.20. The molecule has 1 atom stereocenters. The van der Waals surface area contributed by atoms with Gasteiger partial charge >= 0.3 is 5.97 Å². The minimum absolute atomic E-state index is 0.0662. The Morgan fingerprint density at radius 3 is 3.22 bits per heavy atom. The molecule has 1 fully saturated rings. The van der Waals surface area contributed by atoms with Crippen LogP contribution in [0, 0.1) is 0 Å². The minimum Gasteiger partial charge on any atom is -0.465 e. The number of fused-ring (bicyclic) bond motifs is 1. The summed E-state index contributed by atoms with van der Waals surface area (Å²) >= 11 is 0. The Bertz CT molecular complexity index is 585. The topological polar surface area (TPSA) is 52.8 Å². The van der Waals surface area contributed by atoms with E-state index >= 15 is 0 Å². The Balaban J connectivity index is 2.02. The van der Waals surface area contributed by atoms with Gasteiger partial charge in [-0.25, -0.2) is 9.78 Å². The maximum absolute atomic E-state index is 11.4. The van der Waals surface area contributed by atoms with Gasteiger partial charge in [0.2, 0.25) is 0 Å². The van der Waals surface area contributed by atoms with E-state index in [2.05, 4.69) is 4.98 Å². The molecule has 1 saturated heterocycles. The standard InChI is InChI=1S/C13H14N2O3/c1-17-13(16)9-4-5-15-10(7-9)8-14-12(15)11-3-2-6-18-11/h4-5,7-8,11H,2-3,6H2,1H3. The largest absolute Gasteiger partial charge is 0.465 e. The molecule has 1 aliphatic rings. The molecule has 3 heterocycles. The summed E-state index contributed by atoms with van der Waals surface area (Å²) in [5, 5.41) is 0. The smallest absolute Gasteiger partial charge is 0.337 e. The number of carbonyl (C=O) groups excluding carboxylic acids is 1. The molecule has 2 aromatic heterocycles. The van der Waals surface area contributed by atoms with Crippen molar-refractivity contribution in [1.82, 2.24) is 9.38 Å². The van der Waals surface area contributed by atoms with Crippen LogP contribution < -0.4 is 0 Å². The lowest BCUT2D eigenvalue weighted by Gasteiger charge is -2.08. The van der Waals surface area contributed by atoms with Crippen LogP contribution in [-0.2, 0) is 9.47 Å². The van der Waals surface area contributed by atoms with Crippen LogP contribution in [0.2, 0.25) is 0 Å². The molecule has 18 heavy (non-hydrogen) atoms. The van der Waals surface area contributed by atoms with Gasteiger partial charge in [-0.1, -0.05) is 0 Å². The Kier molecular flexibility index (Phi) is 2.76. The number of pyridine rings is 1. The molecule has 0 aliphatic carbocycles. The van der Waals surface area contributed by atoms with E-state index in [0.717, 1.165) is 30.8 Å². The number of hydrogen-bond donors (Lipinski definition) is 0. The lowest BCUT2D eigenvalue weighted by molar-refractivity contribution is 0.0600. The molecular formula is C13H14N2O3. The van der Waals surface area contributed by atoms with Gasteiger partial charge in [-0.15, -0.1) is 0 Å². The highest BCUT2D eigenvalue weighted by Gasteiger charge is 2.22. The van der Waals surface area contributed by atoms with Crippen LogP contribution >= 0.6 is 0 Å². The highest BCUT2D eigenvalue weighted by atomic mass is 16.5. The van der Waals surface area contributed by atoms with E-state index in [0.29, 0.717) is 5.56 Å². The fourth-order valence-corrected chi connectivity index (χ4v) is 2.28. The number of esters is 1. The van der Waals surface area contributed by atoms with Gasteiger partial charge in [-0.05, 0) is 25.0 Å². The molecule has 0 N–H and O–H groups in total. The number of methoxy groups -OCH3 is 1. The zero-order chi connectivity index (χ0) is 12.5. The highest BCUT2D eigenvalue weighted by molar-refractivity contribution is 5.90. The fraction of sp³-hybridized carbons (Fsp3) is 0.385. The van der Waals surface area contributed by atoms with E-state index in [1.54, 1.807) is 18.3 Å². The molecule has 1 aliphatic heterocycles. The quantitative estimate of drug-likeness (QED) is 0.760. The van der Waals surface area contributed by atoms with Crippen LogP contribution in [0.15, 0.2) is 24.5 Å². The summed E-state index contributed by atoms with van der Waals surface area (Å²) in [4.78, 5) is 15.8. The molecule has 0 radical (unpaired) electrons. The molecule has 0 spiro atoms. The Hall–Kier alpha value is -1.88. The summed E-state index contributed by atoms with van der Waals surface area (Å²) in [7, 11) is 1.38. The summed E-state index contributed by atoms with van der Waals surface area (Å²) < 4.78 is 12.3. The first-order chi connectivity index (χ1) is 8.79. The van der Waals surface area contributed by atoms with Gasteiger partial charge in [0.1, 0.15) is 11.9 Å². The molecule has 1 unspecified atom stereocenters. The molecule has 0 amide bonds. The first kappa shape index (κ1) is 11.2. The zero-order valence-corrected chi connectivity index (χ0v) is 10.1. The molecule has 0 bridgehead atoms. The van der Waals surface area contributed by atoms with E-state index in [4.69, 9.17) is 9.47 Å². The van der Waals surface area contributed by atoms with E-state index in [1.807, 2.05) is 10.6 Å². The van der Waals surface area contributed by atoms with Gasteiger partial charge in [0.25, 0.3) is 0 Å². The van der Waals surface area contributed by atoms with Gasteiger partial charge in [-0.2, -0.15) is 0 Å². The normalized spacial score (nSPS) is 19.3. The molecule has 5 heteroatoms. The number of ether oxygens (including phenoxy) is 2. The van der Waals surface area contributed by atoms with E-state index in [1.165, 1.54) is 7.11 Å². The van der Waals surface area contributed by atoms with Crippen molar-refractivity contribution >= 4 is 11.5 Å².